The molecule has 1 aromatic carbocycles. The third kappa shape index (κ3) is 6.78. The summed E-state index contributed by atoms with van der Waals surface area (Å²) in [6, 6.07) is 3.23. The second kappa shape index (κ2) is 9.61. The number of benzene rings is 1. The van der Waals surface area contributed by atoms with Gasteiger partial charge in [0.2, 0.25) is 10.0 Å². The zero-order valence-corrected chi connectivity index (χ0v) is 18.4. The lowest BCUT2D eigenvalue weighted by atomic mass is 10.2. The molecule has 0 amide bonds. The quantitative estimate of drug-likeness (QED) is 0.550. The SMILES string of the molecule is O=S1(=O)CCC(N(CCCN2CCOCC2)S(=O)(=O)c2ccc(OC(F)(F)F)cc2)C1. The van der Waals surface area contributed by atoms with E-state index in [4.69, 9.17) is 4.74 Å². The second-order valence-electron chi connectivity index (χ2n) is 7.50. The van der Waals surface area contributed by atoms with Crippen LogP contribution in [-0.2, 0) is 24.6 Å². The summed E-state index contributed by atoms with van der Waals surface area (Å²) in [6.07, 6.45) is -4.20. The molecule has 3 rings (SSSR count). The summed E-state index contributed by atoms with van der Waals surface area (Å²) >= 11 is 0. The van der Waals surface area contributed by atoms with Gasteiger partial charge in [-0.05, 0) is 43.7 Å². The zero-order valence-electron chi connectivity index (χ0n) is 16.8. The molecule has 0 aromatic heterocycles. The summed E-state index contributed by atoms with van der Waals surface area (Å²) in [4.78, 5) is 1.93. The van der Waals surface area contributed by atoms with Crippen LogP contribution in [0.15, 0.2) is 29.2 Å². The van der Waals surface area contributed by atoms with Gasteiger partial charge < -0.3 is 9.47 Å². The van der Waals surface area contributed by atoms with Crippen molar-refractivity contribution in [2.24, 2.45) is 0 Å². The third-order valence-electron chi connectivity index (χ3n) is 5.24. The minimum atomic E-state index is -4.88. The normalized spacial score (nSPS) is 22.6. The number of halogens is 3. The number of nitrogens with zero attached hydrogens (tertiary/aromatic N) is 2. The Kier molecular flexibility index (Phi) is 7.51. The number of hydrogen-bond acceptors (Lipinski definition) is 7. The largest absolute Gasteiger partial charge is 0.573 e. The Morgan fingerprint density at radius 3 is 2.35 bits per heavy atom. The first-order chi connectivity index (χ1) is 14.5. The van der Waals surface area contributed by atoms with E-state index in [1.54, 1.807) is 0 Å². The van der Waals surface area contributed by atoms with Crippen molar-refractivity contribution in [3.8, 4) is 5.75 Å². The van der Waals surface area contributed by atoms with E-state index in [-0.39, 0.29) is 29.4 Å². The van der Waals surface area contributed by atoms with Crippen LogP contribution >= 0.6 is 0 Å². The van der Waals surface area contributed by atoms with E-state index in [2.05, 4.69) is 9.64 Å². The molecule has 31 heavy (non-hydrogen) atoms. The van der Waals surface area contributed by atoms with E-state index in [1.165, 1.54) is 4.31 Å². The van der Waals surface area contributed by atoms with Crippen molar-refractivity contribution < 1.29 is 39.5 Å². The van der Waals surface area contributed by atoms with Crippen LogP contribution in [0.4, 0.5) is 13.2 Å². The molecule has 2 fully saturated rings. The predicted octanol–water partition coefficient (Wildman–Crippen LogP) is 1.49. The fraction of sp³-hybridized carbons (Fsp3) is 0.667. The highest BCUT2D eigenvalue weighted by atomic mass is 32.2. The fourth-order valence-electron chi connectivity index (χ4n) is 3.73. The van der Waals surface area contributed by atoms with Gasteiger partial charge in [-0.25, -0.2) is 16.8 Å². The summed E-state index contributed by atoms with van der Waals surface area (Å²) in [5.41, 5.74) is 0. The van der Waals surface area contributed by atoms with Crippen molar-refractivity contribution in [2.75, 3.05) is 50.9 Å². The molecule has 0 N–H and O–H groups in total. The van der Waals surface area contributed by atoms with Gasteiger partial charge in [0.25, 0.3) is 0 Å². The zero-order chi connectivity index (χ0) is 22.7. The summed E-state index contributed by atoms with van der Waals surface area (Å²) in [5, 5.41) is 0. The van der Waals surface area contributed by atoms with Crippen LogP contribution in [0.3, 0.4) is 0 Å². The highest BCUT2D eigenvalue weighted by Crippen LogP contribution is 2.28. The molecule has 13 heteroatoms. The molecule has 8 nitrogen and oxygen atoms in total. The lowest BCUT2D eigenvalue weighted by molar-refractivity contribution is -0.274. The Bertz CT molecular complexity index is 946. The Morgan fingerprint density at radius 1 is 1.16 bits per heavy atom. The molecule has 176 valence electrons. The number of sulfone groups is 1. The van der Waals surface area contributed by atoms with Crippen molar-refractivity contribution in [3.63, 3.8) is 0 Å². The number of morpholine rings is 1. The van der Waals surface area contributed by atoms with E-state index < -0.39 is 38.0 Å². The van der Waals surface area contributed by atoms with Gasteiger partial charge in [0.1, 0.15) is 5.75 Å². The topological polar surface area (TPSA) is 93.2 Å². The third-order valence-corrected chi connectivity index (χ3v) is 8.95. The van der Waals surface area contributed by atoms with Gasteiger partial charge in [0.05, 0.1) is 29.6 Å². The highest BCUT2D eigenvalue weighted by molar-refractivity contribution is 7.92. The average Bonchev–Trinajstić information content (AvgIpc) is 3.04. The minimum absolute atomic E-state index is 0.0918. The van der Waals surface area contributed by atoms with Crippen molar-refractivity contribution >= 4 is 19.9 Å². The van der Waals surface area contributed by atoms with Gasteiger partial charge >= 0.3 is 6.36 Å². The summed E-state index contributed by atoms with van der Waals surface area (Å²) in [5.74, 6) is -0.890. The van der Waals surface area contributed by atoms with E-state index in [0.29, 0.717) is 26.2 Å². The first kappa shape index (κ1) is 24.2. The maximum absolute atomic E-state index is 13.2. The smallest absolute Gasteiger partial charge is 0.406 e. The number of sulfonamides is 1. The van der Waals surface area contributed by atoms with E-state index >= 15 is 0 Å². The maximum atomic E-state index is 13.2. The first-order valence-corrected chi connectivity index (χ1v) is 13.1. The lowest BCUT2D eigenvalue weighted by Crippen LogP contribution is -2.43. The van der Waals surface area contributed by atoms with E-state index in [9.17, 15) is 30.0 Å². The van der Waals surface area contributed by atoms with E-state index in [1.807, 2.05) is 0 Å². The van der Waals surface area contributed by atoms with Crippen molar-refractivity contribution in [1.82, 2.24) is 9.21 Å². The summed E-state index contributed by atoms with van der Waals surface area (Å²) in [6.45, 7) is 3.44. The van der Waals surface area contributed by atoms with Gasteiger partial charge in [0, 0.05) is 25.7 Å². The van der Waals surface area contributed by atoms with E-state index in [0.717, 1.165) is 37.4 Å². The lowest BCUT2D eigenvalue weighted by Gasteiger charge is -2.30. The van der Waals surface area contributed by atoms with Crippen LogP contribution in [-0.4, -0.2) is 89.3 Å². The molecule has 1 aromatic rings. The number of rotatable bonds is 8. The number of ether oxygens (including phenoxy) is 2. The molecule has 0 bridgehead atoms. The van der Waals surface area contributed by atoms with Crippen molar-refractivity contribution in [1.29, 1.82) is 0 Å². The molecule has 0 aliphatic carbocycles. The Balaban J connectivity index is 1.76. The van der Waals surface area contributed by atoms with Gasteiger partial charge in [-0.1, -0.05) is 0 Å². The second-order valence-corrected chi connectivity index (χ2v) is 11.6. The monoisotopic (exact) mass is 486 g/mol. The Morgan fingerprint density at radius 2 is 1.81 bits per heavy atom. The highest BCUT2D eigenvalue weighted by Gasteiger charge is 2.39. The number of alkyl halides is 3. The van der Waals surface area contributed by atoms with Crippen LogP contribution in [0.5, 0.6) is 5.75 Å². The number of hydrogen-bond donors (Lipinski definition) is 0. The summed E-state index contributed by atoms with van der Waals surface area (Å²) in [7, 11) is -7.44. The van der Waals surface area contributed by atoms with Crippen molar-refractivity contribution in [3.05, 3.63) is 24.3 Å². The molecule has 2 heterocycles. The maximum Gasteiger partial charge on any atom is 0.573 e. The van der Waals surface area contributed by atoms with Gasteiger partial charge in [0.15, 0.2) is 9.84 Å². The van der Waals surface area contributed by atoms with Gasteiger partial charge in [-0.15, -0.1) is 13.2 Å². The summed E-state index contributed by atoms with van der Waals surface area (Å²) < 4.78 is 97.7. The molecule has 0 radical (unpaired) electrons. The van der Waals surface area contributed by atoms with Gasteiger partial charge in [-0.2, -0.15) is 4.31 Å². The fourth-order valence-corrected chi connectivity index (χ4v) is 7.24. The molecule has 2 aliphatic rings. The first-order valence-electron chi connectivity index (χ1n) is 9.84. The molecule has 0 spiro atoms. The van der Waals surface area contributed by atoms with Crippen molar-refractivity contribution in [2.45, 2.75) is 30.1 Å². The Hall–Kier alpha value is -1.41. The van der Waals surface area contributed by atoms with Gasteiger partial charge in [-0.3, -0.25) is 4.90 Å². The standard InChI is InChI=1S/C18H25F3N2O6S2/c19-18(20,21)29-16-2-4-17(5-3-16)31(26,27)23(15-6-13-30(24,25)14-15)8-1-7-22-9-11-28-12-10-22/h2-5,15H,1,6-14H2. The molecule has 2 saturated heterocycles. The average molecular weight is 487 g/mol. The van der Waals surface area contributed by atoms with Crippen LogP contribution in [0.1, 0.15) is 12.8 Å². The van der Waals surface area contributed by atoms with Crippen LogP contribution in [0, 0.1) is 0 Å². The molecule has 1 unspecified atom stereocenters. The predicted molar refractivity (Wildman–Crippen MR) is 106 cm³/mol. The molecule has 0 saturated carbocycles. The van der Waals surface area contributed by atoms with Crippen LogP contribution in [0.2, 0.25) is 0 Å². The minimum Gasteiger partial charge on any atom is -0.406 e. The molecule has 2 aliphatic heterocycles. The molecule has 1 atom stereocenters. The molecular formula is C18H25F3N2O6S2. The van der Waals surface area contributed by atoms with Crippen LogP contribution in [0.25, 0.3) is 0 Å². The van der Waals surface area contributed by atoms with Crippen LogP contribution < -0.4 is 4.74 Å². The molecular weight excluding hydrogens is 461 g/mol. The Labute approximate surface area is 179 Å².